The van der Waals surface area contributed by atoms with E-state index in [1.807, 2.05) is 20.8 Å². The molecule has 0 saturated heterocycles. The fraction of sp³-hybridized carbons (Fsp3) is 0.571. The second-order valence-corrected chi connectivity index (χ2v) is 5.60. The van der Waals surface area contributed by atoms with Crippen LogP contribution in [0.1, 0.15) is 43.5 Å². The molecule has 0 heterocycles. The first-order valence-electron chi connectivity index (χ1n) is 6.08. The maximum atomic E-state index is 12.5. The van der Waals surface area contributed by atoms with E-state index in [-0.39, 0.29) is 12.2 Å². The van der Waals surface area contributed by atoms with Gasteiger partial charge in [-0.2, -0.15) is 13.2 Å². The lowest BCUT2D eigenvalue weighted by atomic mass is 9.99. The highest BCUT2D eigenvalue weighted by atomic mass is 19.4. The van der Waals surface area contributed by atoms with Gasteiger partial charge < -0.3 is 10.5 Å². The Hall–Kier alpha value is -1.07. The zero-order chi connectivity index (χ0) is 14.8. The third-order valence-corrected chi connectivity index (χ3v) is 2.69. The van der Waals surface area contributed by atoms with Crippen LogP contribution in [0.4, 0.5) is 13.2 Å². The van der Waals surface area contributed by atoms with Gasteiger partial charge in [0.2, 0.25) is 0 Å². The molecule has 1 unspecified atom stereocenters. The van der Waals surface area contributed by atoms with Gasteiger partial charge in [-0.05, 0) is 51.0 Å². The molecule has 0 spiro atoms. The normalized spacial score (nSPS) is 14.5. The van der Waals surface area contributed by atoms with Crippen LogP contribution in [-0.2, 0) is 10.9 Å². The Balaban J connectivity index is 2.85. The third-order valence-electron chi connectivity index (χ3n) is 2.69. The van der Waals surface area contributed by atoms with Crippen molar-refractivity contribution in [1.29, 1.82) is 0 Å². The van der Waals surface area contributed by atoms with Crippen molar-refractivity contribution in [2.75, 3.05) is 6.61 Å². The Morgan fingerprint density at radius 3 is 2.21 bits per heavy atom. The molecule has 2 nitrogen and oxygen atoms in total. The molecule has 0 amide bonds. The van der Waals surface area contributed by atoms with Gasteiger partial charge in [0, 0.05) is 0 Å². The Kier molecular flexibility index (Phi) is 4.63. The van der Waals surface area contributed by atoms with Gasteiger partial charge in [-0.15, -0.1) is 0 Å². The Labute approximate surface area is 111 Å². The molecule has 0 aliphatic heterocycles. The van der Waals surface area contributed by atoms with Gasteiger partial charge in [-0.25, -0.2) is 0 Å². The maximum Gasteiger partial charge on any atom is 0.416 e. The predicted molar refractivity (Wildman–Crippen MR) is 68.8 cm³/mol. The number of aryl methyl sites for hydroxylation is 1. The van der Waals surface area contributed by atoms with E-state index in [1.165, 1.54) is 6.07 Å². The van der Waals surface area contributed by atoms with Gasteiger partial charge in [-0.3, -0.25) is 0 Å². The third kappa shape index (κ3) is 4.84. The molecule has 0 bridgehead atoms. The largest absolute Gasteiger partial charge is 0.416 e. The highest BCUT2D eigenvalue weighted by Crippen LogP contribution is 2.31. The lowest BCUT2D eigenvalue weighted by molar-refractivity contribution is -0.137. The average molecular weight is 275 g/mol. The smallest absolute Gasteiger partial charge is 0.374 e. The molecule has 1 rings (SSSR count). The maximum absolute atomic E-state index is 12.5. The number of halogens is 3. The van der Waals surface area contributed by atoms with Crippen LogP contribution in [0.25, 0.3) is 0 Å². The summed E-state index contributed by atoms with van der Waals surface area (Å²) >= 11 is 0. The molecule has 0 radical (unpaired) electrons. The highest BCUT2D eigenvalue weighted by molar-refractivity contribution is 5.34. The summed E-state index contributed by atoms with van der Waals surface area (Å²) in [4.78, 5) is 0. The Morgan fingerprint density at radius 2 is 1.79 bits per heavy atom. The van der Waals surface area contributed by atoms with Crippen molar-refractivity contribution < 1.29 is 17.9 Å². The van der Waals surface area contributed by atoms with Crippen LogP contribution in [0.2, 0.25) is 0 Å². The molecule has 0 aromatic heterocycles. The first kappa shape index (κ1) is 16.0. The van der Waals surface area contributed by atoms with E-state index in [9.17, 15) is 13.2 Å². The number of benzene rings is 1. The van der Waals surface area contributed by atoms with Crippen LogP contribution in [0.15, 0.2) is 18.2 Å². The molecule has 0 saturated carbocycles. The second-order valence-electron chi connectivity index (χ2n) is 5.60. The Morgan fingerprint density at radius 1 is 1.21 bits per heavy atom. The number of rotatable bonds is 3. The zero-order valence-corrected chi connectivity index (χ0v) is 11.6. The Bertz CT molecular complexity index is 435. The number of alkyl halides is 3. The van der Waals surface area contributed by atoms with E-state index in [0.717, 1.165) is 12.1 Å². The molecular formula is C14H20F3NO. The molecule has 1 atom stereocenters. The lowest BCUT2D eigenvalue weighted by Crippen LogP contribution is -2.26. The van der Waals surface area contributed by atoms with Crippen molar-refractivity contribution in [1.82, 2.24) is 0 Å². The molecule has 108 valence electrons. The minimum atomic E-state index is -4.32. The number of nitrogens with two attached hydrogens (primary N) is 1. The van der Waals surface area contributed by atoms with E-state index in [4.69, 9.17) is 10.5 Å². The van der Waals surface area contributed by atoms with Crippen LogP contribution >= 0.6 is 0 Å². The van der Waals surface area contributed by atoms with Crippen molar-refractivity contribution in [2.24, 2.45) is 5.73 Å². The van der Waals surface area contributed by atoms with E-state index in [1.54, 1.807) is 6.92 Å². The summed E-state index contributed by atoms with van der Waals surface area (Å²) in [5.74, 6) is 0. The van der Waals surface area contributed by atoms with Crippen molar-refractivity contribution in [3.8, 4) is 0 Å². The molecule has 1 aromatic rings. The summed E-state index contributed by atoms with van der Waals surface area (Å²) < 4.78 is 43.2. The fourth-order valence-corrected chi connectivity index (χ4v) is 1.70. The van der Waals surface area contributed by atoms with Gasteiger partial charge in [0.1, 0.15) is 0 Å². The van der Waals surface area contributed by atoms with Crippen molar-refractivity contribution in [3.05, 3.63) is 34.9 Å². The summed E-state index contributed by atoms with van der Waals surface area (Å²) in [5, 5.41) is 0. The van der Waals surface area contributed by atoms with Crippen LogP contribution < -0.4 is 5.73 Å². The summed E-state index contributed by atoms with van der Waals surface area (Å²) in [6, 6.07) is 3.17. The van der Waals surface area contributed by atoms with Gasteiger partial charge in [-0.1, -0.05) is 6.07 Å². The number of hydrogen-bond donors (Lipinski definition) is 1. The second kappa shape index (κ2) is 5.51. The van der Waals surface area contributed by atoms with Crippen LogP contribution in [-0.4, -0.2) is 12.2 Å². The van der Waals surface area contributed by atoms with Gasteiger partial charge >= 0.3 is 6.18 Å². The standard InChI is InChI=1S/C14H20F3NO/c1-9-7-10(14(15,16)17)5-6-11(9)12(18)8-19-13(2,3)4/h5-7,12H,8,18H2,1-4H3. The van der Waals surface area contributed by atoms with Crippen molar-refractivity contribution >= 4 is 0 Å². The minimum Gasteiger partial charge on any atom is -0.374 e. The summed E-state index contributed by atoms with van der Waals surface area (Å²) in [6.45, 7) is 7.61. The van der Waals surface area contributed by atoms with E-state index >= 15 is 0 Å². The van der Waals surface area contributed by atoms with Gasteiger partial charge in [0.25, 0.3) is 0 Å². The fourth-order valence-electron chi connectivity index (χ4n) is 1.70. The average Bonchev–Trinajstić information content (AvgIpc) is 2.23. The topological polar surface area (TPSA) is 35.2 Å². The molecule has 0 aliphatic rings. The molecule has 0 aliphatic carbocycles. The predicted octanol–water partition coefficient (Wildman–Crippen LogP) is 3.83. The molecular weight excluding hydrogens is 255 g/mol. The molecule has 1 aromatic carbocycles. The van der Waals surface area contributed by atoms with Crippen LogP contribution in [0.3, 0.4) is 0 Å². The van der Waals surface area contributed by atoms with Crippen LogP contribution in [0.5, 0.6) is 0 Å². The minimum absolute atomic E-state index is 0.274. The van der Waals surface area contributed by atoms with E-state index in [0.29, 0.717) is 11.1 Å². The first-order chi connectivity index (χ1) is 8.50. The van der Waals surface area contributed by atoms with Crippen molar-refractivity contribution in [2.45, 2.75) is 45.5 Å². The molecule has 2 N–H and O–H groups in total. The quantitative estimate of drug-likeness (QED) is 0.910. The van der Waals surface area contributed by atoms with Gasteiger partial charge in [0.15, 0.2) is 0 Å². The molecule has 0 fully saturated rings. The molecule has 19 heavy (non-hydrogen) atoms. The van der Waals surface area contributed by atoms with E-state index in [2.05, 4.69) is 0 Å². The lowest BCUT2D eigenvalue weighted by Gasteiger charge is -2.23. The monoisotopic (exact) mass is 275 g/mol. The SMILES string of the molecule is Cc1cc(C(F)(F)F)ccc1C(N)COC(C)(C)C. The highest BCUT2D eigenvalue weighted by Gasteiger charge is 2.31. The van der Waals surface area contributed by atoms with Crippen LogP contribution in [0, 0.1) is 6.92 Å². The summed E-state index contributed by atoms with van der Waals surface area (Å²) in [5.41, 5.74) is 6.18. The first-order valence-corrected chi connectivity index (χ1v) is 6.08. The zero-order valence-electron chi connectivity index (χ0n) is 11.6. The summed E-state index contributed by atoms with van der Waals surface area (Å²) in [7, 11) is 0. The number of hydrogen-bond acceptors (Lipinski definition) is 2. The van der Waals surface area contributed by atoms with E-state index < -0.39 is 17.8 Å². The number of ether oxygens (including phenoxy) is 1. The van der Waals surface area contributed by atoms with Crippen molar-refractivity contribution in [3.63, 3.8) is 0 Å². The summed E-state index contributed by atoms with van der Waals surface area (Å²) in [6.07, 6.45) is -4.32. The van der Waals surface area contributed by atoms with Gasteiger partial charge in [0.05, 0.1) is 23.8 Å². The molecule has 5 heteroatoms.